The third kappa shape index (κ3) is 4.97. The molecule has 2 N–H and O–H groups in total. The van der Waals surface area contributed by atoms with Crippen LogP contribution in [0.2, 0.25) is 0 Å². The number of carbonyl (C=O) groups is 3. The number of anilines is 3. The number of rotatable bonds is 7. The number of amides is 3. The minimum absolute atomic E-state index is 0.171. The van der Waals surface area contributed by atoms with Crippen LogP contribution in [0, 0.1) is 0 Å². The minimum atomic E-state index is -0.323. The summed E-state index contributed by atoms with van der Waals surface area (Å²) in [6.45, 7) is 7.75. The van der Waals surface area contributed by atoms with Gasteiger partial charge in [-0.15, -0.1) is 0 Å². The van der Waals surface area contributed by atoms with E-state index in [0.29, 0.717) is 29.8 Å². The molecular formula is C26H31N5O3. The number of carbonyl (C=O) groups excluding carboxylic acids is 3. The molecule has 2 heterocycles. The van der Waals surface area contributed by atoms with Gasteiger partial charge < -0.3 is 20.4 Å². The first kappa shape index (κ1) is 23.5. The van der Waals surface area contributed by atoms with E-state index < -0.39 is 0 Å². The zero-order valence-electron chi connectivity index (χ0n) is 19.9. The first-order valence-corrected chi connectivity index (χ1v) is 11.7. The molecule has 34 heavy (non-hydrogen) atoms. The van der Waals surface area contributed by atoms with Crippen molar-refractivity contribution in [2.75, 3.05) is 55.3 Å². The highest BCUT2D eigenvalue weighted by Crippen LogP contribution is 2.32. The molecule has 178 valence electrons. The van der Waals surface area contributed by atoms with E-state index in [2.05, 4.69) is 27.5 Å². The molecule has 0 saturated carbocycles. The summed E-state index contributed by atoms with van der Waals surface area (Å²) in [6, 6.07) is 14.9. The van der Waals surface area contributed by atoms with Gasteiger partial charge in [0.25, 0.3) is 11.8 Å². The summed E-state index contributed by atoms with van der Waals surface area (Å²) in [5.41, 5.74) is 3.77. The van der Waals surface area contributed by atoms with Gasteiger partial charge in [0.05, 0.1) is 5.57 Å². The van der Waals surface area contributed by atoms with E-state index in [1.807, 2.05) is 31.2 Å². The zero-order valence-corrected chi connectivity index (χ0v) is 19.9. The molecular weight excluding hydrogens is 430 g/mol. The number of nitrogens with one attached hydrogen (secondary N) is 2. The van der Waals surface area contributed by atoms with Crippen LogP contribution in [0.3, 0.4) is 0 Å². The highest BCUT2D eigenvalue weighted by molar-refractivity contribution is 6.36. The lowest BCUT2D eigenvalue weighted by atomic mass is 10.0. The van der Waals surface area contributed by atoms with Crippen LogP contribution in [0.4, 0.5) is 17.1 Å². The second-order valence-electron chi connectivity index (χ2n) is 8.73. The van der Waals surface area contributed by atoms with Crippen LogP contribution < -0.4 is 15.5 Å². The second-order valence-corrected chi connectivity index (χ2v) is 8.73. The monoisotopic (exact) mass is 461 g/mol. The van der Waals surface area contributed by atoms with E-state index in [0.717, 1.165) is 37.6 Å². The van der Waals surface area contributed by atoms with Crippen LogP contribution in [0.5, 0.6) is 0 Å². The number of likely N-dealkylation sites (N-methyl/N-ethyl adjacent to an activating group) is 1. The van der Waals surface area contributed by atoms with Crippen molar-refractivity contribution in [3.8, 4) is 0 Å². The molecule has 2 aliphatic heterocycles. The van der Waals surface area contributed by atoms with Crippen LogP contribution in [-0.2, 0) is 14.4 Å². The Morgan fingerprint density at radius 1 is 0.882 bits per heavy atom. The normalized spacial score (nSPS) is 16.9. The van der Waals surface area contributed by atoms with Crippen LogP contribution in [0.25, 0.3) is 5.57 Å². The number of hydrogen-bond acceptors (Lipinski definition) is 6. The lowest BCUT2D eigenvalue weighted by Gasteiger charge is -2.34. The van der Waals surface area contributed by atoms with E-state index in [9.17, 15) is 14.4 Å². The van der Waals surface area contributed by atoms with Gasteiger partial charge in [-0.3, -0.25) is 19.3 Å². The molecule has 3 amide bonds. The van der Waals surface area contributed by atoms with Crippen LogP contribution in [0.15, 0.2) is 54.2 Å². The van der Waals surface area contributed by atoms with E-state index in [1.165, 1.54) is 11.8 Å². The quantitative estimate of drug-likeness (QED) is 0.617. The molecule has 8 heteroatoms. The van der Waals surface area contributed by atoms with Crippen molar-refractivity contribution >= 4 is 40.4 Å². The Kier molecular flexibility index (Phi) is 6.98. The maximum Gasteiger partial charge on any atom is 0.278 e. The Hall–Kier alpha value is -3.65. The molecule has 8 nitrogen and oxygen atoms in total. The molecule has 2 aliphatic rings. The van der Waals surface area contributed by atoms with Gasteiger partial charge >= 0.3 is 0 Å². The summed E-state index contributed by atoms with van der Waals surface area (Å²) in [4.78, 5) is 43.6. The van der Waals surface area contributed by atoms with Gasteiger partial charge in [-0.05, 0) is 55.4 Å². The van der Waals surface area contributed by atoms with Gasteiger partial charge in [0, 0.05) is 56.7 Å². The van der Waals surface area contributed by atoms with E-state index in [1.54, 1.807) is 24.3 Å². The fraction of sp³-hybridized carbons (Fsp3) is 0.346. The lowest BCUT2D eigenvalue weighted by molar-refractivity contribution is -0.136. The van der Waals surface area contributed by atoms with Crippen molar-refractivity contribution in [2.45, 2.75) is 20.3 Å². The van der Waals surface area contributed by atoms with E-state index in [-0.39, 0.29) is 23.4 Å². The molecule has 0 spiro atoms. The first-order chi connectivity index (χ1) is 16.4. The number of benzene rings is 2. The summed E-state index contributed by atoms with van der Waals surface area (Å²) in [5, 5.41) is 5.93. The molecule has 1 fully saturated rings. The molecule has 2 aromatic rings. The summed E-state index contributed by atoms with van der Waals surface area (Å²) in [5.74, 6) is -0.804. The third-order valence-electron chi connectivity index (χ3n) is 6.11. The Morgan fingerprint density at radius 3 is 2.09 bits per heavy atom. The molecule has 1 saturated heterocycles. The summed E-state index contributed by atoms with van der Waals surface area (Å²) in [6.07, 6.45) is 0.680. The van der Waals surface area contributed by atoms with Gasteiger partial charge in [-0.1, -0.05) is 19.1 Å². The van der Waals surface area contributed by atoms with Crippen molar-refractivity contribution in [1.82, 2.24) is 9.80 Å². The van der Waals surface area contributed by atoms with Gasteiger partial charge in [0.1, 0.15) is 5.70 Å². The Labute approximate surface area is 200 Å². The highest BCUT2D eigenvalue weighted by atomic mass is 16.2. The molecule has 0 bridgehead atoms. The molecule has 4 rings (SSSR count). The number of piperazine rings is 1. The smallest absolute Gasteiger partial charge is 0.278 e. The van der Waals surface area contributed by atoms with Crippen molar-refractivity contribution in [1.29, 1.82) is 0 Å². The van der Waals surface area contributed by atoms with Crippen LogP contribution >= 0.6 is 0 Å². The fourth-order valence-corrected chi connectivity index (χ4v) is 4.27. The van der Waals surface area contributed by atoms with Crippen LogP contribution in [0.1, 0.15) is 25.8 Å². The van der Waals surface area contributed by atoms with Gasteiger partial charge in [-0.2, -0.15) is 0 Å². The predicted molar refractivity (Wildman–Crippen MR) is 134 cm³/mol. The Morgan fingerprint density at radius 2 is 1.50 bits per heavy atom. The first-order valence-electron chi connectivity index (χ1n) is 11.7. The summed E-state index contributed by atoms with van der Waals surface area (Å²) >= 11 is 0. The van der Waals surface area contributed by atoms with Crippen molar-refractivity contribution in [3.63, 3.8) is 0 Å². The number of nitrogens with zero attached hydrogens (tertiary/aromatic N) is 3. The predicted octanol–water partition coefficient (Wildman–Crippen LogP) is 3.00. The zero-order chi connectivity index (χ0) is 24.2. The van der Waals surface area contributed by atoms with E-state index in [4.69, 9.17) is 0 Å². The SMILES string of the molecule is CCCN1C(=O)C(Nc2ccc(N3CCN(C)CC3)cc2)=C(c2ccc(NC(C)=O)cc2)C1=O. The van der Waals surface area contributed by atoms with Gasteiger partial charge in [-0.25, -0.2) is 0 Å². The number of hydrogen-bond donors (Lipinski definition) is 2. The topological polar surface area (TPSA) is 85.0 Å². The lowest BCUT2D eigenvalue weighted by Crippen LogP contribution is -2.44. The summed E-state index contributed by atoms with van der Waals surface area (Å²) < 4.78 is 0. The molecule has 2 aromatic carbocycles. The van der Waals surface area contributed by atoms with E-state index >= 15 is 0 Å². The van der Waals surface area contributed by atoms with Crippen molar-refractivity contribution in [2.24, 2.45) is 0 Å². The second kappa shape index (κ2) is 10.1. The summed E-state index contributed by atoms with van der Waals surface area (Å²) in [7, 11) is 2.13. The minimum Gasteiger partial charge on any atom is -0.369 e. The number of imide groups is 1. The Balaban J connectivity index is 1.60. The highest BCUT2D eigenvalue weighted by Gasteiger charge is 2.38. The van der Waals surface area contributed by atoms with Gasteiger partial charge in [0.2, 0.25) is 5.91 Å². The molecule has 0 radical (unpaired) electrons. The standard InChI is InChI=1S/C26H31N5O3/c1-4-13-31-25(33)23(19-5-7-20(8-6-19)27-18(2)32)24(26(31)34)28-21-9-11-22(12-10-21)30-16-14-29(3)15-17-30/h5-12,28H,4,13-17H2,1-3H3,(H,27,32). The van der Waals surface area contributed by atoms with Crippen molar-refractivity contribution < 1.29 is 14.4 Å². The molecule has 0 atom stereocenters. The maximum atomic E-state index is 13.2. The molecule has 0 aliphatic carbocycles. The maximum absolute atomic E-state index is 13.2. The average molecular weight is 462 g/mol. The molecule has 0 aromatic heterocycles. The Bertz CT molecular complexity index is 1100. The third-order valence-corrected chi connectivity index (χ3v) is 6.11. The average Bonchev–Trinajstić information content (AvgIpc) is 3.05. The molecule has 0 unspecified atom stereocenters. The largest absolute Gasteiger partial charge is 0.369 e. The fourth-order valence-electron chi connectivity index (χ4n) is 4.27. The van der Waals surface area contributed by atoms with Gasteiger partial charge in [0.15, 0.2) is 0 Å². The van der Waals surface area contributed by atoms with Crippen LogP contribution in [-0.4, -0.2) is 67.3 Å². The van der Waals surface area contributed by atoms with Crippen molar-refractivity contribution in [3.05, 3.63) is 59.8 Å².